The number of nitrogens with one attached hydrogen (secondary N) is 1. The van der Waals surface area contributed by atoms with E-state index in [1.54, 1.807) is 13.3 Å². The van der Waals surface area contributed by atoms with Crippen LogP contribution in [0.4, 0.5) is 0 Å². The average molecular weight is 464 g/mol. The minimum Gasteiger partial charge on any atom is -0.346 e. The monoisotopic (exact) mass is 463 g/mol. The van der Waals surface area contributed by atoms with E-state index in [0.29, 0.717) is 18.4 Å². The Morgan fingerprint density at radius 1 is 1.18 bits per heavy atom. The third-order valence-corrected chi connectivity index (χ3v) is 8.71. The number of hydrogen-bond donors (Lipinski definition) is 1. The van der Waals surface area contributed by atoms with Gasteiger partial charge in [-0.3, -0.25) is 9.69 Å². The lowest BCUT2D eigenvalue weighted by atomic mass is 9.90. The number of fused-ring (bicyclic) bond motifs is 2. The smallest absolute Gasteiger partial charge is 0.158 e. The fourth-order valence-corrected chi connectivity index (χ4v) is 6.95. The van der Waals surface area contributed by atoms with Crippen LogP contribution in [-0.4, -0.2) is 49.9 Å². The summed E-state index contributed by atoms with van der Waals surface area (Å²) < 4.78 is 1.89. The number of piperidine rings is 1. The molecule has 7 heteroatoms. The lowest BCUT2D eigenvalue weighted by Crippen LogP contribution is -2.36. The van der Waals surface area contributed by atoms with Gasteiger partial charge in [-0.25, -0.2) is 9.50 Å². The number of pyridine rings is 1. The van der Waals surface area contributed by atoms with Crippen LogP contribution >= 0.6 is 11.3 Å². The fraction of sp³-hybridized carbons (Fsp3) is 0.500. The number of likely N-dealkylation sites (tertiary alicyclic amines) is 1. The van der Waals surface area contributed by atoms with Gasteiger partial charge in [0.25, 0.3) is 0 Å². The highest BCUT2D eigenvalue weighted by Gasteiger charge is 2.28. The summed E-state index contributed by atoms with van der Waals surface area (Å²) in [5.74, 6) is 1.24. The number of aryl methyl sites for hydroxylation is 2. The van der Waals surface area contributed by atoms with Gasteiger partial charge in [0.15, 0.2) is 5.65 Å². The van der Waals surface area contributed by atoms with Crippen molar-refractivity contribution in [1.29, 1.82) is 0 Å². The summed E-state index contributed by atoms with van der Waals surface area (Å²) >= 11 is 1.93. The molecular formula is C26H33N5OS. The highest BCUT2D eigenvalue weighted by Crippen LogP contribution is 2.46. The number of Topliss-reactive ketones (excluding diaryl/α,β-unsaturated/α-hetero) is 1. The lowest BCUT2D eigenvalue weighted by molar-refractivity contribution is -0.118. The second-order valence-corrected chi connectivity index (χ2v) is 11.0. The van der Waals surface area contributed by atoms with E-state index >= 15 is 0 Å². The summed E-state index contributed by atoms with van der Waals surface area (Å²) in [6.45, 7) is 15.5. The van der Waals surface area contributed by atoms with E-state index < -0.39 is 0 Å². The molecule has 0 bridgehead atoms. The van der Waals surface area contributed by atoms with Gasteiger partial charge in [0.05, 0.1) is 12.2 Å². The largest absolute Gasteiger partial charge is 0.346 e. The van der Waals surface area contributed by atoms with E-state index in [0.717, 1.165) is 31.6 Å². The number of carbonyl (C=O) groups is 1. The number of aromatic nitrogens is 4. The molecule has 0 aromatic carbocycles. The van der Waals surface area contributed by atoms with Gasteiger partial charge < -0.3 is 4.98 Å². The van der Waals surface area contributed by atoms with Gasteiger partial charge in [-0.15, -0.1) is 11.3 Å². The van der Waals surface area contributed by atoms with Crippen molar-refractivity contribution in [3.63, 3.8) is 0 Å². The highest BCUT2D eigenvalue weighted by molar-refractivity contribution is 7.19. The van der Waals surface area contributed by atoms with Crippen LogP contribution < -0.4 is 0 Å². The Bertz CT molecular complexity index is 1350. The van der Waals surface area contributed by atoms with Crippen LogP contribution in [-0.2, 0) is 4.79 Å². The summed E-state index contributed by atoms with van der Waals surface area (Å²) in [5, 5.41) is 5.81. The molecule has 0 radical (unpaired) electrons. The number of nitrogens with zero attached hydrogens (tertiary/aromatic N) is 4. The summed E-state index contributed by atoms with van der Waals surface area (Å²) in [5.41, 5.74) is 8.61. The van der Waals surface area contributed by atoms with Crippen LogP contribution in [0.1, 0.15) is 72.6 Å². The molecule has 1 fully saturated rings. The molecule has 4 aromatic rings. The molecule has 6 nitrogen and oxygen atoms in total. The SMILES string of the molecule is CC(=O)CN1CCC(c2sc3[nH]c(-c4cn5ncnc5c(C)c4C)c(C(C)C)c3c2C)CC1. The van der Waals surface area contributed by atoms with E-state index in [-0.39, 0.29) is 5.78 Å². The van der Waals surface area contributed by atoms with E-state index in [1.165, 1.54) is 48.6 Å². The number of rotatable bonds is 5. The fourth-order valence-electron chi connectivity index (χ4n) is 5.55. The third-order valence-electron chi connectivity index (χ3n) is 7.34. The van der Waals surface area contributed by atoms with E-state index in [2.05, 4.69) is 60.8 Å². The van der Waals surface area contributed by atoms with Gasteiger partial charge in [0.2, 0.25) is 0 Å². The van der Waals surface area contributed by atoms with Gasteiger partial charge in [-0.2, -0.15) is 5.10 Å². The zero-order valence-electron chi connectivity index (χ0n) is 20.5. The molecule has 0 saturated carbocycles. The number of H-pyrrole nitrogens is 1. The molecular weight excluding hydrogens is 430 g/mol. The van der Waals surface area contributed by atoms with Gasteiger partial charge in [0.1, 0.15) is 16.9 Å². The third kappa shape index (κ3) is 3.71. The zero-order valence-corrected chi connectivity index (χ0v) is 21.3. The Kier molecular flexibility index (Phi) is 5.65. The quantitative estimate of drug-likeness (QED) is 0.409. The van der Waals surface area contributed by atoms with Gasteiger partial charge >= 0.3 is 0 Å². The van der Waals surface area contributed by atoms with Crippen LogP contribution in [0.25, 0.3) is 27.1 Å². The summed E-state index contributed by atoms with van der Waals surface area (Å²) in [7, 11) is 0. The predicted octanol–water partition coefficient (Wildman–Crippen LogP) is 5.76. The molecule has 1 aliphatic rings. The van der Waals surface area contributed by atoms with Crippen molar-refractivity contribution in [2.24, 2.45) is 0 Å². The van der Waals surface area contributed by atoms with Gasteiger partial charge in [-0.1, -0.05) is 13.8 Å². The van der Waals surface area contributed by atoms with Crippen molar-refractivity contribution in [1.82, 2.24) is 24.5 Å². The minimum atomic E-state index is 0.262. The van der Waals surface area contributed by atoms with Crippen molar-refractivity contribution in [3.05, 3.63) is 39.7 Å². The van der Waals surface area contributed by atoms with Crippen LogP contribution in [0, 0.1) is 20.8 Å². The second-order valence-electron chi connectivity index (χ2n) is 9.94. The highest BCUT2D eigenvalue weighted by atomic mass is 32.1. The first kappa shape index (κ1) is 22.3. The first-order valence-electron chi connectivity index (χ1n) is 11.9. The van der Waals surface area contributed by atoms with Crippen LogP contribution in [0.2, 0.25) is 0 Å². The molecule has 0 aliphatic carbocycles. The molecule has 5 rings (SSSR count). The normalized spacial score (nSPS) is 16.0. The van der Waals surface area contributed by atoms with Crippen LogP contribution in [0.3, 0.4) is 0 Å². The maximum absolute atomic E-state index is 11.5. The number of aromatic amines is 1. The zero-order chi connectivity index (χ0) is 23.4. The van der Waals surface area contributed by atoms with Crippen molar-refractivity contribution >= 4 is 33.0 Å². The first-order valence-corrected chi connectivity index (χ1v) is 12.7. The Morgan fingerprint density at radius 2 is 1.91 bits per heavy atom. The molecule has 1 N–H and O–H groups in total. The van der Waals surface area contributed by atoms with Crippen LogP contribution in [0.15, 0.2) is 12.5 Å². The van der Waals surface area contributed by atoms with Crippen molar-refractivity contribution in [3.8, 4) is 11.3 Å². The summed E-state index contributed by atoms with van der Waals surface area (Å²) in [6.07, 6.45) is 6.00. The summed E-state index contributed by atoms with van der Waals surface area (Å²) in [4.78, 5) is 24.9. The minimum absolute atomic E-state index is 0.262. The number of hydrogen-bond acceptors (Lipinski definition) is 5. The van der Waals surface area contributed by atoms with E-state index in [1.807, 2.05) is 15.9 Å². The molecule has 0 unspecified atom stereocenters. The Morgan fingerprint density at radius 3 is 2.58 bits per heavy atom. The topological polar surface area (TPSA) is 66.3 Å². The number of ketones is 1. The second kappa shape index (κ2) is 8.37. The van der Waals surface area contributed by atoms with Gasteiger partial charge in [-0.05, 0) is 87.7 Å². The Hall–Kier alpha value is -2.51. The van der Waals surface area contributed by atoms with Crippen molar-refractivity contribution in [2.75, 3.05) is 19.6 Å². The van der Waals surface area contributed by atoms with E-state index in [9.17, 15) is 4.79 Å². The first-order chi connectivity index (χ1) is 15.8. The molecule has 1 aliphatic heterocycles. The molecule has 1 saturated heterocycles. The molecule has 0 spiro atoms. The molecule has 33 heavy (non-hydrogen) atoms. The molecule has 5 heterocycles. The average Bonchev–Trinajstić information content (AvgIpc) is 3.46. The van der Waals surface area contributed by atoms with Crippen LogP contribution in [0.5, 0.6) is 0 Å². The number of thiophene rings is 1. The predicted molar refractivity (Wildman–Crippen MR) is 136 cm³/mol. The standard InChI is InChI=1S/C26H33N5OS/c1-14(2)21-22-18(6)24(19-7-9-30(10-8-19)11-15(3)32)33-26(22)29-23(21)20-12-31-25(27-13-28-31)17(5)16(20)4/h12-14,19,29H,7-11H2,1-6H3. The van der Waals surface area contributed by atoms with Gasteiger partial charge in [0, 0.05) is 22.0 Å². The maximum atomic E-state index is 11.5. The van der Waals surface area contributed by atoms with Crippen molar-refractivity contribution < 1.29 is 4.79 Å². The molecule has 0 atom stereocenters. The van der Waals surface area contributed by atoms with E-state index in [4.69, 9.17) is 0 Å². The van der Waals surface area contributed by atoms with Crippen molar-refractivity contribution in [2.45, 2.75) is 66.2 Å². The number of carbonyl (C=O) groups excluding carboxylic acids is 1. The molecule has 4 aromatic heterocycles. The maximum Gasteiger partial charge on any atom is 0.158 e. The molecule has 174 valence electrons. The summed E-state index contributed by atoms with van der Waals surface area (Å²) in [6, 6.07) is 0. The molecule has 0 amide bonds. The Balaban J connectivity index is 1.57. The lowest BCUT2D eigenvalue weighted by Gasteiger charge is -2.31. The Labute approximate surface area is 199 Å².